The molecule has 0 unspecified atom stereocenters. The molecule has 1 aromatic rings. The number of aryl methyl sites for hydroxylation is 1. The molecule has 0 aliphatic rings. The van der Waals surface area contributed by atoms with Crippen LogP contribution in [0.5, 0.6) is 5.75 Å². The molecule has 1 aromatic carbocycles. The summed E-state index contributed by atoms with van der Waals surface area (Å²) in [6, 6.07) is 3.83. The molecule has 0 aromatic heterocycles. The minimum absolute atomic E-state index is 0.0594. The lowest BCUT2D eigenvalue weighted by Crippen LogP contribution is -2.03. The number of Topliss-reactive ketones (excluding diaryl/α,β-unsaturated/α-hetero) is 1. The molecule has 0 radical (unpaired) electrons. The van der Waals surface area contributed by atoms with Gasteiger partial charge in [-0.2, -0.15) is 0 Å². The molecule has 0 fully saturated rings. The highest BCUT2D eigenvalue weighted by Gasteiger charge is 2.13. The lowest BCUT2D eigenvalue weighted by atomic mass is 9.98. The molecule has 2 nitrogen and oxygen atoms in total. The highest BCUT2D eigenvalue weighted by molar-refractivity contribution is 5.97. The van der Waals surface area contributed by atoms with Crippen LogP contribution in [0.15, 0.2) is 12.1 Å². The number of ketones is 1. The Morgan fingerprint density at radius 3 is 2.53 bits per heavy atom. The van der Waals surface area contributed by atoms with Crippen molar-refractivity contribution in [1.29, 1.82) is 0 Å². The Morgan fingerprint density at radius 2 is 2.07 bits per heavy atom. The highest BCUT2D eigenvalue weighted by Crippen LogP contribution is 2.28. The average molecular weight is 206 g/mol. The second-order valence-electron chi connectivity index (χ2n) is 3.75. The maximum atomic E-state index is 11.4. The van der Waals surface area contributed by atoms with Crippen molar-refractivity contribution in [3.63, 3.8) is 0 Å². The lowest BCUT2D eigenvalue weighted by Gasteiger charge is -2.14. The molecule has 0 saturated carbocycles. The smallest absolute Gasteiger partial charge is 0.163 e. The Hall–Kier alpha value is -1.31. The fourth-order valence-electron chi connectivity index (χ4n) is 1.80. The first-order valence-corrected chi connectivity index (χ1v) is 5.29. The minimum atomic E-state index is 0.0594. The number of hydrogen-bond donors (Lipinski definition) is 0. The first-order chi connectivity index (χ1) is 7.11. The summed E-state index contributed by atoms with van der Waals surface area (Å²) in [5, 5.41) is 0. The third kappa shape index (κ3) is 2.38. The third-order valence-electron chi connectivity index (χ3n) is 2.58. The van der Waals surface area contributed by atoms with Gasteiger partial charge in [0.2, 0.25) is 0 Å². The molecule has 0 saturated heterocycles. The number of benzene rings is 1. The van der Waals surface area contributed by atoms with Gasteiger partial charge >= 0.3 is 0 Å². The van der Waals surface area contributed by atoms with Crippen molar-refractivity contribution in [2.45, 2.75) is 33.6 Å². The van der Waals surface area contributed by atoms with Crippen LogP contribution < -0.4 is 4.74 Å². The molecule has 0 N–H and O–H groups in total. The molecule has 0 atom stereocenters. The Balaban J connectivity index is 3.33. The van der Waals surface area contributed by atoms with Gasteiger partial charge < -0.3 is 4.74 Å². The van der Waals surface area contributed by atoms with Crippen molar-refractivity contribution in [2.24, 2.45) is 0 Å². The van der Waals surface area contributed by atoms with E-state index in [1.165, 1.54) is 5.56 Å². The molecule has 1 rings (SSSR count). The van der Waals surface area contributed by atoms with Gasteiger partial charge in [-0.1, -0.05) is 19.4 Å². The Morgan fingerprint density at radius 1 is 1.40 bits per heavy atom. The Labute approximate surface area is 91.3 Å². The Bertz CT molecular complexity index is 367. The second kappa shape index (κ2) is 4.96. The third-order valence-corrected chi connectivity index (χ3v) is 2.58. The van der Waals surface area contributed by atoms with Gasteiger partial charge in [-0.3, -0.25) is 4.79 Å². The zero-order valence-corrected chi connectivity index (χ0v) is 9.89. The van der Waals surface area contributed by atoms with Crippen molar-refractivity contribution in [3.05, 3.63) is 28.8 Å². The van der Waals surface area contributed by atoms with Crippen molar-refractivity contribution >= 4 is 5.78 Å². The van der Waals surface area contributed by atoms with Crippen molar-refractivity contribution in [1.82, 2.24) is 0 Å². The predicted molar refractivity (Wildman–Crippen MR) is 61.7 cm³/mol. The van der Waals surface area contributed by atoms with E-state index in [0.29, 0.717) is 5.56 Å². The molecule has 0 bridgehead atoms. The van der Waals surface area contributed by atoms with Crippen LogP contribution in [0.3, 0.4) is 0 Å². The van der Waals surface area contributed by atoms with E-state index in [-0.39, 0.29) is 5.78 Å². The van der Waals surface area contributed by atoms with Crippen LogP contribution in [-0.2, 0) is 6.42 Å². The SMILES string of the molecule is CCCc1c(C)ccc(C(C)=O)c1OC. The average Bonchev–Trinajstić information content (AvgIpc) is 2.20. The predicted octanol–water partition coefficient (Wildman–Crippen LogP) is 3.16. The largest absolute Gasteiger partial charge is 0.496 e. The quantitative estimate of drug-likeness (QED) is 0.707. The summed E-state index contributed by atoms with van der Waals surface area (Å²) in [5.41, 5.74) is 3.04. The van der Waals surface area contributed by atoms with Crippen LogP contribution >= 0.6 is 0 Å². The van der Waals surface area contributed by atoms with Gasteiger partial charge in [-0.15, -0.1) is 0 Å². The lowest BCUT2D eigenvalue weighted by molar-refractivity contribution is 0.101. The number of carbonyl (C=O) groups is 1. The van der Waals surface area contributed by atoms with Gasteiger partial charge in [0.05, 0.1) is 12.7 Å². The van der Waals surface area contributed by atoms with E-state index in [2.05, 4.69) is 13.8 Å². The maximum Gasteiger partial charge on any atom is 0.163 e. The van der Waals surface area contributed by atoms with E-state index < -0.39 is 0 Å². The highest BCUT2D eigenvalue weighted by atomic mass is 16.5. The molecule has 0 heterocycles. The van der Waals surface area contributed by atoms with Crippen LogP contribution in [0.25, 0.3) is 0 Å². The van der Waals surface area contributed by atoms with Crippen LogP contribution in [0.2, 0.25) is 0 Å². The van der Waals surface area contributed by atoms with Crippen LogP contribution in [0.1, 0.15) is 41.8 Å². The summed E-state index contributed by atoms with van der Waals surface area (Å²) >= 11 is 0. The van der Waals surface area contributed by atoms with Crippen molar-refractivity contribution in [3.8, 4) is 5.75 Å². The molecule has 0 spiro atoms. The van der Waals surface area contributed by atoms with E-state index in [0.717, 1.165) is 24.2 Å². The molecule has 82 valence electrons. The van der Waals surface area contributed by atoms with Gasteiger partial charge in [-0.25, -0.2) is 0 Å². The second-order valence-corrected chi connectivity index (χ2v) is 3.75. The first-order valence-electron chi connectivity index (χ1n) is 5.29. The first kappa shape index (κ1) is 11.8. The van der Waals surface area contributed by atoms with Gasteiger partial charge in [0.1, 0.15) is 5.75 Å². The molecular formula is C13H18O2. The van der Waals surface area contributed by atoms with E-state index >= 15 is 0 Å². The number of methoxy groups -OCH3 is 1. The maximum absolute atomic E-state index is 11.4. The van der Waals surface area contributed by atoms with Crippen LogP contribution in [-0.4, -0.2) is 12.9 Å². The summed E-state index contributed by atoms with van der Waals surface area (Å²) in [4.78, 5) is 11.4. The molecular weight excluding hydrogens is 188 g/mol. The monoisotopic (exact) mass is 206 g/mol. The van der Waals surface area contributed by atoms with Gasteiger partial charge in [-0.05, 0) is 37.5 Å². The number of hydrogen-bond acceptors (Lipinski definition) is 2. The summed E-state index contributed by atoms with van der Waals surface area (Å²) in [5.74, 6) is 0.813. The van der Waals surface area contributed by atoms with E-state index in [4.69, 9.17) is 4.74 Å². The molecule has 0 amide bonds. The minimum Gasteiger partial charge on any atom is -0.496 e. The normalized spacial score (nSPS) is 10.1. The van der Waals surface area contributed by atoms with E-state index in [1.807, 2.05) is 12.1 Å². The summed E-state index contributed by atoms with van der Waals surface area (Å²) < 4.78 is 5.35. The fraction of sp³-hybridized carbons (Fsp3) is 0.462. The zero-order valence-electron chi connectivity index (χ0n) is 9.89. The van der Waals surface area contributed by atoms with Crippen molar-refractivity contribution in [2.75, 3.05) is 7.11 Å². The molecule has 0 aliphatic carbocycles. The number of ether oxygens (including phenoxy) is 1. The molecule has 15 heavy (non-hydrogen) atoms. The van der Waals surface area contributed by atoms with Crippen LogP contribution in [0.4, 0.5) is 0 Å². The zero-order chi connectivity index (χ0) is 11.4. The topological polar surface area (TPSA) is 26.3 Å². The molecule has 0 aliphatic heterocycles. The van der Waals surface area contributed by atoms with Crippen molar-refractivity contribution < 1.29 is 9.53 Å². The Kier molecular flexibility index (Phi) is 3.89. The van der Waals surface area contributed by atoms with Gasteiger partial charge in [0.25, 0.3) is 0 Å². The van der Waals surface area contributed by atoms with E-state index in [1.54, 1.807) is 14.0 Å². The number of rotatable bonds is 4. The summed E-state index contributed by atoms with van der Waals surface area (Å²) in [6.07, 6.45) is 2.01. The van der Waals surface area contributed by atoms with E-state index in [9.17, 15) is 4.79 Å². The fourth-order valence-corrected chi connectivity index (χ4v) is 1.80. The standard InChI is InChI=1S/C13H18O2/c1-5-6-11-9(2)7-8-12(10(3)14)13(11)15-4/h7-8H,5-6H2,1-4H3. The van der Waals surface area contributed by atoms with Gasteiger partial charge in [0, 0.05) is 0 Å². The number of carbonyl (C=O) groups excluding carboxylic acids is 1. The summed E-state index contributed by atoms with van der Waals surface area (Å²) in [7, 11) is 1.63. The van der Waals surface area contributed by atoms with Gasteiger partial charge in [0.15, 0.2) is 5.78 Å². The summed E-state index contributed by atoms with van der Waals surface area (Å²) in [6.45, 7) is 5.75. The molecule has 2 heteroatoms. The van der Waals surface area contributed by atoms with Crippen LogP contribution in [0, 0.1) is 6.92 Å².